The lowest BCUT2D eigenvalue weighted by Crippen LogP contribution is -2.36. The van der Waals surface area contributed by atoms with Gasteiger partial charge >= 0.3 is 0 Å². The van der Waals surface area contributed by atoms with E-state index in [0.29, 0.717) is 30.8 Å². The van der Waals surface area contributed by atoms with E-state index in [1.165, 1.54) is 11.1 Å². The summed E-state index contributed by atoms with van der Waals surface area (Å²) in [5.41, 5.74) is 3.38. The van der Waals surface area contributed by atoms with Crippen molar-refractivity contribution in [2.45, 2.75) is 53.1 Å². The van der Waals surface area contributed by atoms with Gasteiger partial charge in [0.1, 0.15) is 11.5 Å². The van der Waals surface area contributed by atoms with E-state index in [1.54, 1.807) is 19.4 Å². The molecule has 0 fully saturated rings. The molecule has 31 heavy (non-hydrogen) atoms. The first-order valence-electron chi connectivity index (χ1n) is 10.3. The van der Waals surface area contributed by atoms with Crippen LogP contribution < -0.4 is 15.4 Å². The van der Waals surface area contributed by atoms with Gasteiger partial charge < -0.3 is 19.8 Å². The third kappa shape index (κ3) is 6.31. The molecule has 0 aliphatic rings. The Bertz CT molecular complexity index is 1050. The third-order valence-corrected chi connectivity index (χ3v) is 4.88. The minimum absolute atomic E-state index is 0.0659. The van der Waals surface area contributed by atoms with Crippen LogP contribution >= 0.6 is 0 Å². The summed E-state index contributed by atoms with van der Waals surface area (Å²) in [6.07, 6.45) is 3.52. The minimum Gasteiger partial charge on any atom is -0.443 e. The Labute approximate surface area is 184 Å². The van der Waals surface area contributed by atoms with Crippen LogP contribution in [0.25, 0.3) is 0 Å². The van der Waals surface area contributed by atoms with Crippen LogP contribution in [0.15, 0.2) is 52.1 Å². The highest BCUT2D eigenvalue weighted by Gasteiger charge is 2.19. The molecule has 0 amide bonds. The van der Waals surface area contributed by atoms with E-state index in [4.69, 9.17) is 9.15 Å². The Morgan fingerprint density at radius 3 is 2.48 bits per heavy atom. The number of ether oxygens (including phenoxy) is 1. The van der Waals surface area contributed by atoms with Crippen LogP contribution in [0.1, 0.15) is 49.1 Å². The predicted octanol–water partition coefficient (Wildman–Crippen LogP) is 4.64. The number of nitrogens with one attached hydrogen (secondary N) is 2. The lowest BCUT2D eigenvalue weighted by molar-refractivity contribution is 0.379. The van der Waals surface area contributed by atoms with Gasteiger partial charge in [0.05, 0.1) is 12.7 Å². The molecule has 0 saturated heterocycles. The maximum atomic E-state index is 5.92. The van der Waals surface area contributed by atoms with Crippen LogP contribution in [-0.2, 0) is 18.5 Å². The first-order chi connectivity index (χ1) is 14.7. The molecule has 0 aliphatic carbocycles. The van der Waals surface area contributed by atoms with Crippen molar-refractivity contribution in [3.63, 3.8) is 0 Å². The fourth-order valence-electron chi connectivity index (χ4n) is 2.82. The fraction of sp³-hybridized carbons (Fsp3) is 0.375. The monoisotopic (exact) mass is 421 g/mol. The van der Waals surface area contributed by atoms with Gasteiger partial charge in [-0.1, -0.05) is 26.8 Å². The van der Waals surface area contributed by atoms with Crippen molar-refractivity contribution in [2.24, 2.45) is 4.99 Å². The molecule has 7 heteroatoms. The van der Waals surface area contributed by atoms with Crippen molar-refractivity contribution in [2.75, 3.05) is 7.05 Å². The van der Waals surface area contributed by atoms with Gasteiger partial charge in [0.2, 0.25) is 11.8 Å². The van der Waals surface area contributed by atoms with Crippen LogP contribution in [0.3, 0.4) is 0 Å². The quantitative estimate of drug-likeness (QED) is 0.445. The highest BCUT2D eigenvalue weighted by molar-refractivity contribution is 5.79. The molecule has 0 atom stereocenters. The zero-order valence-electron chi connectivity index (χ0n) is 19.1. The van der Waals surface area contributed by atoms with Gasteiger partial charge in [-0.2, -0.15) is 0 Å². The Morgan fingerprint density at radius 1 is 1.03 bits per heavy atom. The molecule has 1 aromatic carbocycles. The summed E-state index contributed by atoms with van der Waals surface area (Å²) in [6.45, 7) is 11.5. The van der Waals surface area contributed by atoms with Crippen molar-refractivity contribution in [1.29, 1.82) is 0 Å². The number of hydrogen-bond donors (Lipinski definition) is 2. The zero-order chi connectivity index (χ0) is 22.4. The van der Waals surface area contributed by atoms with Crippen LogP contribution in [-0.4, -0.2) is 23.0 Å². The molecule has 0 spiro atoms. The van der Waals surface area contributed by atoms with Crippen LogP contribution in [0, 0.1) is 13.8 Å². The summed E-state index contributed by atoms with van der Waals surface area (Å²) in [5, 5.41) is 6.51. The largest absolute Gasteiger partial charge is 0.443 e. The second-order valence-electron chi connectivity index (χ2n) is 8.50. The molecule has 7 nitrogen and oxygen atoms in total. The number of oxazole rings is 1. The van der Waals surface area contributed by atoms with E-state index in [0.717, 1.165) is 17.1 Å². The smallest absolute Gasteiger partial charge is 0.219 e. The number of pyridine rings is 1. The van der Waals surface area contributed by atoms with E-state index < -0.39 is 0 Å². The molecule has 164 valence electrons. The molecule has 0 aliphatic heterocycles. The average Bonchev–Trinajstić information content (AvgIpc) is 3.21. The number of aromatic nitrogens is 2. The van der Waals surface area contributed by atoms with Crippen molar-refractivity contribution < 1.29 is 9.15 Å². The molecular formula is C24H31N5O2. The third-order valence-electron chi connectivity index (χ3n) is 4.88. The average molecular weight is 422 g/mol. The lowest BCUT2D eigenvalue weighted by Gasteiger charge is -2.13. The lowest BCUT2D eigenvalue weighted by atomic mass is 9.94. The molecule has 2 N–H and O–H groups in total. The SMILES string of the molecule is CN=C(NCc1ccnc(Oc2ccc(C)c(C)c2)c1)NCc1ncc(C(C)(C)C)o1. The number of aryl methyl sites for hydroxylation is 2. The molecular weight excluding hydrogens is 390 g/mol. The van der Waals surface area contributed by atoms with Gasteiger partial charge in [-0.15, -0.1) is 0 Å². The van der Waals surface area contributed by atoms with E-state index in [-0.39, 0.29) is 5.41 Å². The molecule has 2 heterocycles. The maximum Gasteiger partial charge on any atom is 0.219 e. The van der Waals surface area contributed by atoms with E-state index in [9.17, 15) is 0 Å². The molecule has 3 rings (SSSR count). The summed E-state index contributed by atoms with van der Waals surface area (Å²) >= 11 is 0. The van der Waals surface area contributed by atoms with Gasteiger partial charge in [-0.25, -0.2) is 9.97 Å². The van der Waals surface area contributed by atoms with Gasteiger partial charge in [0, 0.05) is 31.3 Å². The van der Waals surface area contributed by atoms with Crippen molar-refractivity contribution >= 4 is 5.96 Å². The summed E-state index contributed by atoms with van der Waals surface area (Å²) < 4.78 is 11.7. The molecule has 0 unspecified atom stereocenters. The van der Waals surface area contributed by atoms with Crippen molar-refractivity contribution in [1.82, 2.24) is 20.6 Å². The Balaban J connectivity index is 1.55. The summed E-state index contributed by atoms with van der Waals surface area (Å²) in [4.78, 5) is 12.9. The van der Waals surface area contributed by atoms with Gasteiger partial charge in [0.15, 0.2) is 5.96 Å². The minimum atomic E-state index is -0.0659. The topological polar surface area (TPSA) is 84.6 Å². The molecule has 0 radical (unpaired) electrons. The highest BCUT2D eigenvalue weighted by Crippen LogP contribution is 2.23. The van der Waals surface area contributed by atoms with Crippen molar-refractivity contribution in [3.8, 4) is 11.6 Å². The van der Waals surface area contributed by atoms with Gasteiger partial charge in [0.25, 0.3) is 0 Å². The summed E-state index contributed by atoms with van der Waals surface area (Å²) in [7, 11) is 1.73. The van der Waals surface area contributed by atoms with Crippen LogP contribution in [0.4, 0.5) is 0 Å². The summed E-state index contributed by atoms with van der Waals surface area (Å²) in [5.74, 6) is 3.48. The van der Waals surface area contributed by atoms with E-state index >= 15 is 0 Å². The van der Waals surface area contributed by atoms with E-state index in [1.807, 2.05) is 30.3 Å². The number of rotatable bonds is 6. The van der Waals surface area contributed by atoms with Gasteiger partial charge in [-0.05, 0) is 48.7 Å². The first kappa shape index (κ1) is 22.3. The molecule has 0 saturated carbocycles. The first-order valence-corrected chi connectivity index (χ1v) is 10.3. The molecule has 3 aromatic rings. The highest BCUT2D eigenvalue weighted by atomic mass is 16.5. The number of benzene rings is 1. The second-order valence-corrected chi connectivity index (χ2v) is 8.50. The number of aliphatic imine (C=N–C) groups is 1. The zero-order valence-corrected chi connectivity index (χ0v) is 19.1. The normalized spacial score (nSPS) is 12.0. The Hall–Kier alpha value is -3.35. The summed E-state index contributed by atoms with van der Waals surface area (Å²) in [6, 6.07) is 9.87. The number of hydrogen-bond acceptors (Lipinski definition) is 5. The van der Waals surface area contributed by atoms with Crippen LogP contribution in [0.2, 0.25) is 0 Å². The predicted molar refractivity (Wildman–Crippen MR) is 122 cm³/mol. The number of nitrogens with zero attached hydrogens (tertiary/aromatic N) is 3. The standard InChI is InChI=1S/C24H31N5O2/c1-16-7-8-19(11-17(16)2)30-21-12-18(9-10-26-21)13-28-23(25-6)29-15-22-27-14-20(31-22)24(3,4)5/h7-12,14H,13,15H2,1-6H3,(H2,25,28,29). The molecule has 0 bridgehead atoms. The molecule has 2 aromatic heterocycles. The second kappa shape index (κ2) is 9.64. The van der Waals surface area contributed by atoms with Crippen LogP contribution in [0.5, 0.6) is 11.6 Å². The Kier molecular flexibility index (Phi) is 6.95. The van der Waals surface area contributed by atoms with Crippen molar-refractivity contribution in [3.05, 3.63) is 71.1 Å². The maximum absolute atomic E-state index is 5.92. The fourth-order valence-corrected chi connectivity index (χ4v) is 2.82. The van der Waals surface area contributed by atoms with Gasteiger partial charge in [-0.3, -0.25) is 4.99 Å². The number of guanidine groups is 1. The van der Waals surface area contributed by atoms with E-state index in [2.05, 4.69) is 60.2 Å². The Morgan fingerprint density at radius 2 is 1.81 bits per heavy atom.